The van der Waals surface area contributed by atoms with Gasteiger partial charge in [0.1, 0.15) is 18.1 Å². The highest BCUT2D eigenvalue weighted by molar-refractivity contribution is 9.10. The highest BCUT2D eigenvalue weighted by Gasteiger charge is 2.25. The Balaban J connectivity index is 1.38. The number of rotatable bonds is 9. The van der Waals surface area contributed by atoms with Crippen molar-refractivity contribution in [2.24, 2.45) is 0 Å². The van der Waals surface area contributed by atoms with Crippen LogP contribution in [0.15, 0.2) is 57.9 Å². The van der Waals surface area contributed by atoms with E-state index in [0.717, 1.165) is 23.7 Å². The number of hydrogen-bond acceptors (Lipinski definition) is 5. The smallest absolute Gasteiger partial charge is 0.258 e. The molecular formula is C21H25BrN2O5S. The minimum Gasteiger partial charge on any atom is -0.492 e. The van der Waals surface area contributed by atoms with Gasteiger partial charge in [0.05, 0.1) is 11.4 Å². The van der Waals surface area contributed by atoms with Crippen LogP contribution in [0.1, 0.15) is 19.3 Å². The number of halogens is 1. The van der Waals surface area contributed by atoms with Crippen molar-refractivity contribution in [1.29, 1.82) is 0 Å². The summed E-state index contributed by atoms with van der Waals surface area (Å²) in [5.41, 5.74) is 0. The van der Waals surface area contributed by atoms with E-state index in [1.807, 2.05) is 12.1 Å². The Kier molecular flexibility index (Phi) is 8.12. The number of ether oxygens (including phenoxy) is 2. The summed E-state index contributed by atoms with van der Waals surface area (Å²) < 4.78 is 38.7. The van der Waals surface area contributed by atoms with Gasteiger partial charge in [-0.2, -0.15) is 4.31 Å². The van der Waals surface area contributed by atoms with Crippen molar-refractivity contribution in [2.45, 2.75) is 24.2 Å². The molecule has 0 aliphatic carbocycles. The fourth-order valence-electron chi connectivity index (χ4n) is 3.05. The first-order chi connectivity index (χ1) is 14.4. The fraction of sp³-hybridized carbons (Fsp3) is 0.381. The van der Waals surface area contributed by atoms with Gasteiger partial charge in [0, 0.05) is 17.6 Å². The topological polar surface area (TPSA) is 84.9 Å². The number of carbonyl (C=O) groups excluding carboxylic acids is 1. The number of benzene rings is 2. The maximum atomic E-state index is 12.6. The summed E-state index contributed by atoms with van der Waals surface area (Å²) in [5, 5.41) is 2.71. The molecule has 0 bridgehead atoms. The van der Waals surface area contributed by atoms with E-state index < -0.39 is 10.0 Å². The molecule has 1 heterocycles. The van der Waals surface area contributed by atoms with Gasteiger partial charge in [-0.05, 0) is 61.4 Å². The molecular weight excluding hydrogens is 472 g/mol. The fourth-order valence-corrected chi connectivity index (χ4v) is 4.83. The summed E-state index contributed by atoms with van der Waals surface area (Å²) in [4.78, 5) is 12.1. The summed E-state index contributed by atoms with van der Waals surface area (Å²) in [6, 6.07) is 13.6. The van der Waals surface area contributed by atoms with E-state index >= 15 is 0 Å². The van der Waals surface area contributed by atoms with Crippen LogP contribution in [0.4, 0.5) is 0 Å². The lowest BCUT2D eigenvalue weighted by molar-refractivity contribution is -0.123. The zero-order chi connectivity index (χ0) is 21.4. The van der Waals surface area contributed by atoms with E-state index in [9.17, 15) is 13.2 Å². The highest BCUT2D eigenvalue weighted by atomic mass is 79.9. The lowest BCUT2D eigenvalue weighted by Gasteiger charge is -2.25. The van der Waals surface area contributed by atoms with Crippen LogP contribution in [0.25, 0.3) is 0 Å². The van der Waals surface area contributed by atoms with Crippen LogP contribution in [0, 0.1) is 0 Å². The first kappa shape index (κ1) is 22.6. The largest absolute Gasteiger partial charge is 0.492 e. The van der Waals surface area contributed by atoms with Crippen molar-refractivity contribution in [1.82, 2.24) is 9.62 Å². The molecule has 2 aromatic carbocycles. The van der Waals surface area contributed by atoms with Gasteiger partial charge in [0.25, 0.3) is 5.91 Å². The molecule has 2 aromatic rings. The maximum Gasteiger partial charge on any atom is 0.258 e. The summed E-state index contributed by atoms with van der Waals surface area (Å²) in [5.74, 6) is 0.918. The van der Waals surface area contributed by atoms with Crippen LogP contribution >= 0.6 is 15.9 Å². The molecule has 1 aliphatic heterocycles. The van der Waals surface area contributed by atoms with Gasteiger partial charge in [0.2, 0.25) is 10.0 Å². The van der Waals surface area contributed by atoms with E-state index in [0.29, 0.717) is 31.1 Å². The van der Waals surface area contributed by atoms with E-state index in [-0.39, 0.29) is 24.0 Å². The Hall–Kier alpha value is -2.10. The lowest BCUT2D eigenvalue weighted by atomic mass is 10.2. The molecule has 1 saturated heterocycles. The van der Waals surface area contributed by atoms with Crippen LogP contribution < -0.4 is 14.8 Å². The van der Waals surface area contributed by atoms with Crippen molar-refractivity contribution in [3.8, 4) is 11.5 Å². The molecule has 0 radical (unpaired) electrons. The zero-order valence-corrected chi connectivity index (χ0v) is 19.0. The number of nitrogens with one attached hydrogen (secondary N) is 1. The monoisotopic (exact) mass is 496 g/mol. The van der Waals surface area contributed by atoms with Gasteiger partial charge in [-0.1, -0.05) is 22.4 Å². The van der Waals surface area contributed by atoms with Gasteiger partial charge in [-0.25, -0.2) is 8.42 Å². The molecule has 1 amide bonds. The number of piperidine rings is 1. The Morgan fingerprint density at radius 2 is 1.53 bits per heavy atom. The summed E-state index contributed by atoms with van der Waals surface area (Å²) in [6.45, 7) is 1.65. The van der Waals surface area contributed by atoms with E-state index in [4.69, 9.17) is 9.47 Å². The third kappa shape index (κ3) is 6.45. The Morgan fingerprint density at radius 1 is 0.933 bits per heavy atom. The molecule has 1 aliphatic rings. The van der Waals surface area contributed by atoms with Crippen LogP contribution in [0.3, 0.4) is 0 Å². The van der Waals surface area contributed by atoms with Gasteiger partial charge in [0.15, 0.2) is 6.61 Å². The molecule has 0 unspecified atom stereocenters. The Morgan fingerprint density at radius 3 is 2.20 bits per heavy atom. The Labute approximate surface area is 185 Å². The van der Waals surface area contributed by atoms with Crippen LogP contribution in [-0.2, 0) is 14.8 Å². The SMILES string of the molecule is O=C(COc1ccc(Br)cc1)NCCOc1ccc(S(=O)(=O)N2CCCCC2)cc1. The zero-order valence-electron chi connectivity index (χ0n) is 16.6. The number of hydrogen-bond donors (Lipinski definition) is 1. The molecule has 7 nitrogen and oxygen atoms in total. The van der Waals surface area contributed by atoms with Gasteiger partial charge in [-0.15, -0.1) is 0 Å². The molecule has 30 heavy (non-hydrogen) atoms. The van der Waals surface area contributed by atoms with Crippen LogP contribution in [0.2, 0.25) is 0 Å². The van der Waals surface area contributed by atoms with Gasteiger partial charge < -0.3 is 14.8 Å². The summed E-state index contributed by atoms with van der Waals surface area (Å²) in [6.07, 6.45) is 2.88. The van der Waals surface area contributed by atoms with Crippen LogP contribution in [-0.4, -0.2) is 51.5 Å². The number of sulfonamides is 1. The number of amides is 1. The first-order valence-electron chi connectivity index (χ1n) is 9.83. The number of nitrogens with zero attached hydrogens (tertiary/aromatic N) is 1. The third-order valence-electron chi connectivity index (χ3n) is 4.65. The van der Waals surface area contributed by atoms with Crippen molar-refractivity contribution in [3.63, 3.8) is 0 Å². The van der Waals surface area contributed by atoms with Crippen molar-refractivity contribution in [2.75, 3.05) is 32.8 Å². The Bertz CT molecular complexity index is 927. The molecule has 0 spiro atoms. The molecule has 3 rings (SSSR count). The molecule has 1 fully saturated rings. The third-order valence-corrected chi connectivity index (χ3v) is 7.09. The second-order valence-electron chi connectivity index (χ2n) is 6.88. The van der Waals surface area contributed by atoms with Crippen molar-refractivity contribution < 1.29 is 22.7 Å². The maximum absolute atomic E-state index is 12.6. The molecule has 162 valence electrons. The molecule has 9 heteroatoms. The molecule has 0 saturated carbocycles. The normalized spacial score (nSPS) is 14.8. The van der Waals surface area contributed by atoms with E-state index in [1.54, 1.807) is 36.4 Å². The second kappa shape index (κ2) is 10.8. The van der Waals surface area contributed by atoms with Crippen molar-refractivity contribution in [3.05, 3.63) is 53.0 Å². The van der Waals surface area contributed by atoms with Crippen molar-refractivity contribution >= 4 is 31.9 Å². The average Bonchev–Trinajstić information content (AvgIpc) is 2.77. The summed E-state index contributed by atoms with van der Waals surface area (Å²) in [7, 11) is -3.44. The minimum absolute atomic E-state index is 0.0787. The number of carbonyl (C=O) groups is 1. The lowest BCUT2D eigenvalue weighted by Crippen LogP contribution is -2.35. The van der Waals surface area contributed by atoms with Gasteiger partial charge in [-0.3, -0.25) is 4.79 Å². The molecule has 1 N–H and O–H groups in total. The highest BCUT2D eigenvalue weighted by Crippen LogP contribution is 2.22. The predicted molar refractivity (Wildman–Crippen MR) is 117 cm³/mol. The molecule has 0 atom stereocenters. The molecule has 0 aromatic heterocycles. The first-order valence-corrected chi connectivity index (χ1v) is 12.1. The summed E-state index contributed by atoms with van der Waals surface area (Å²) >= 11 is 3.34. The van der Waals surface area contributed by atoms with E-state index in [1.165, 1.54) is 4.31 Å². The predicted octanol–water partition coefficient (Wildman–Crippen LogP) is 3.20. The van der Waals surface area contributed by atoms with Crippen LogP contribution in [0.5, 0.6) is 11.5 Å². The average molecular weight is 497 g/mol. The van der Waals surface area contributed by atoms with Gasteiger partial charge >= 0.3 is 0 Å². The minimum atomic E-state index is -3.44. The second-order valence-corrected chi connectivity index (χ2v) is 9.73. The standard InChI is InChI=1S/C21H25BrN2O5S/c22-17-4-6-19(7-5-17)29-16-21(25)23-12-15-28-18-8-10-20(11-9-18)30(26,27)24-13-2-1-3-14-24/h4-11H,1-3,12-16H2,(H,23,25). The quantitative estimate of drug-likeness (QED) is 0.538. The van der Waals surface area contributed by atoms with E-state index in [2.05, 4.69) is 21.2 Å².